The highest BCUT2D eigenvalue weighted by Gasteiger charge is 2.27. The van der Waals surface area contributed by atoms with E-state index < -0.39 is 0 Å². The van der Waals surface area contributed by atoms with Gasteiger partial charge in [-0.15, -0.1) is 0 Å². The Morgan fingerprint density at radius 1 is 1.41 bits per heavy atom. The number of nitrogens with one attached hydrogen (secondary N) is 1. The first-order chi connectivity index (χ1) is 8.38. The van der Waals surface area contributed by atoms with Crippen molar-refractivity contribution in [2.24, 2.45) is 0 Å². The second kappa shape index (κ2) is 4.23. The summed E-state index contributed by atoms with van der Waals surface area (Å²) in [6.07, 6.45) is 3.41. The van der Waals surface area contributed by atoms with Crippen molar-refractivity contribution >= 4 is 0 Å². The molecule has 17 heavy (non-hydrogen) atoms. The Labute approximate surface area is 101 Å². The van der Waals surface area contributed by atoms with Crippen molar-refractivity contribution in [3.05, 3.63) is 41.0 Å². The highest BCUT2D eigenvalue weighted by atomic mass is 16.5. The molecule has 2 aliphatic heterocycles. The summed E-state index contributed by atoms with van der Waals surface area (Å²) < 4.78 is 5.69. The van der Waals surface area contributed by atoms with E-state index in [-0.39, 0.29) is 0 Å². The van der Waals surface area contributed by atoms with Gasteiger partial charge in [0.1, 0.15) is 5.75 Å². The van der Waals surface area contributed by atoms with Crippen LogP contribution in [0.4, 0.5) is 0 Å². The van der Waals surface area contributed by atoms with Crippen molar-refractivity contribution in [3.63, 3.8) is 0 Å². The zero-order valence-corrected chi connectivity index (χ0v) is 9.57. The van der Waals surface area contributed by atoms with E-state index in [1.807, 2.05) is 18.2 Å². The summed E-state index contributed by atoms with van der Waals surface area (Å²) in [6, 6.07) is 7.88. The van der Waals surface area contributed by atoms with Gasteiger partial charge in [-0.25, -0.2) is 0 Å². The maximum absolute atomic E-state index is 8.86. The van der Waals surface area contributed by atoms with Crippen molar-refractivity contribution in [1.29, 1.82) is 5.26 Å². The molecule has 1 aromatic carbocycles. The van der Waals surface area contributed by atoms with Crippen LogP contribution < -0.4 is 10.1 Å². The van der Waals surface area contributed by atoms with E-state index in [0.29, 0.717) is 18.1 Å². The summed E-state index contributed by atoms with van der Waals surface area (Å²) in [6.45, 7) is 2.72. The Bertz CT molecular complexity index is 513. The minimum Gasteiger partial charge on any atom is -0.492 e. The van der Waals surface area contributed by atoms with Gasteiger partial charge >= 0.3 is 0 Å². The maximum atomic E-state index is 8.86. The second-order valence-electron chi connectivity index (χ2n) is 4.47. The summed E-state index contributed by atoms with van der Waals surface area (Å²) in [5, 5.41) is 12.2. The summed E-state index contributed by atoms with van der Waals surface area (Å²) in [5.41, 5.74) is 3.30. The minimum absolute atomic E-state index is 0.366. The molecule has 0 aliphatic carbocycles. The molecule has 1 unspecified atom stereocenters. The lowest BCUT2D eigenvalue weighted by molar-refractivity contribution is 0.339. The first-order valence-electron chi connectivity index (χ1n) is 5.95. The molecule has 0 aromatic heterocycles. The SMILES string of the molecule is N#Cc1ccc2c(c1)OCC2C1=CCCNC1. The molecule has 0 amide bonds. The first-order valence-corrected chi connectivity index (χ1v) is 5.95. The third kappa shape index (κ3) is 1.81. The number of hydrogen-bond acceptors (Lipinski definition) is 3. The van der Waals surface area contributed by atoms with Crippen molar-refractivity contribution in [2.45, 2.75) is 12.3 Å². The Kier molecular flexibility index (Phi) is 2.58. The van der Waals surface area contributed by atoms with Gasteiger partial charge in [-0.2, -0.15) is 5.26 Å². The largest absolute Gasteiger partial charge is 0.492 e. The highest BCUT2D eigenvalue weighted by Crippen LogP contribution is 2.38. The third-order valence-electron chi connectivity index (χ3n) is 3.43. The Hall–Kier alpha value is -1.79. The normalized spacial score (nSPS) is 22.3. The van der Waals surface area contributed by atoms with Gasteiger partial charge < -0.3 is 10.1 Å². The average molecular weight is 226 g/mol. The quantitative estimate of drug-likeness (QED) is 0.744. The fraction of sp³-hybridized carbons (Fsp3) is 0.357. The molecule has 1 N–H and O–H groups in total. The third-order valence-corrected chi connectivity index (χ3v) is 3.43. The summed E-state index contributed by atoms with van der Waals surface area (Å²) >= 11 is 0. The number of nitriles is 1. The van der Waals surface area contributed by atoms with Crippen LogP contribution in [0.1, 0.15) is 23.5 Å². The smallest absolute Gasteiger partial charge is 0.124 e. The summed E-state index contributed by atoms with van der Waals surface area (Å²) in [7, 11) is 0. The molecule has 0 saturated carbocycles. The highest BCUT2D eigenvalue weighted by molar-refractivity contribution is 5.49. The van der Waals surface area contributed by atoms with Gasteiger partial charge in [-0.3, -0.25) is 0 Å². The van der Waals surface area contributed by atoms with Gasteiger partial charge in [0.25, 0.3) is 0 Å². The van der Waals surface area contributed by atoms with E-state index in [2.05, 4.69) is 17.5 Å². The average Bonchev–Trinajstić information content (AvgIpc) is 2.82. The van der Waals surface area contributed by atoms with Crippen LogP contribution in [0.15, 0.2) is 29.8 Å². The van der Waals surface area contributed by atoms with Crippen LogP contribution in [0.5, 0.6) is 5.75 Å². The molecular formula is C14H14N2O. The molecule has 1 atom stereocenters. The molecule has 2 heterocycles. The number of ether oxygens (including phenoxy) is 1. The van der Waals surface area contributed by atoms with Crippen LogP contribution >= 0.6 is 0 Å². The molecule has 0 saturated heterocycles. The number of benzene rings is 1. The monoisotopic (exact) mass is 226 g/mol. The van der Waals surface area contributed by atoms with Crippen LogP contribution in [-0.2, 0) is 0 Å². The molecule has 3 nitrogen and oxygen atoms in total. The predicted molar refractivity (Wildman–Crippen MR) is 65.0 cm³/mol. The lowest BCUT2D eigenvalue weighted by Gasteiger charge is -2.19. The van der Waals surface area contributed by atoms with Crippen LogP contribution in [0.2, 0.25) is 0 Å². The lowest BCUT2D eigenvalue weighted by atomic mass is 9.90. The van der Waals surface area contributed by atoms with Crippen molar-refractivity contribution in [1.82, 2.24) is 5.32 Å². The molecule has 3 heteroatoms. The molecule has 2 aliphatic rings. The van der Waals surface area contributed by atoms with Crippen molar-refractivity contribution in [2.75, 3.05) is 19.7 Å². The second-order valence-corrected chi connectivity index (χ2v) is 4.47. The van der Waals surface area contributed by atoms with Gasteiger partial charge in [0.15, 0.2) is 0 Å². The molecule has 86 valence electrons. The van der Waals surface area contributed by atoms with Gasteiger partial charge in [-0.1, -0.05) is 12.1 Å². The fourth-order valence-corrected chi connectivity index (χ4v) is 2.52. The summed E-state index contributed by atoms with van der Waals surface area (Å²) in [5.74, 6) is 1.24. The van der Waals surface area contributed by atoms with E-state index >= 15 is 0 Å². The number of nitrogens with zero attached hydrogens (tertiary/aromatic N) is 1. The van der Waals surface area contributed by atoms with Crippen LogP contribution in [0.3, 0.4) is 0 Å². The van der Waals surface area contributed by atoms with Crippen LogP contribution in [-0.4, -0.2) is 19.7 Å². The van der Waals surface area contributed by atoms with Gasteiger partial charge in [-0.05, 0) is 30.7 Å². The first kappa shape index (κ1) is 10.4. The molecule has 0 bridgehead atoms. The molecule has 0 fully saturated rings. The topological polar surface area (TPSA) is 45.0 Å². The Balaban J connectivity index is 1.94. The van der Waals surface area contributed by atoms with Gasteiger partial charge in [0, 0.05) is 18.0 Å². The molecule has 1 aromatic rings. The molecule has 0 radical (unpaired) electrons. The standard InChI is InChI=1S/C14H14N2O/c15-7-10-3-4-12-13(9-17-14(12)6-10)11-2-1-5-16-8-11/h2-4,6,13,16H,1,5,8-9H2. The van der Waals surface area contributed by atoms with E-state index in [4.69, 9.17) is 10.00 Å². The zero-order valence-electron chi connectivity index (χ0n) is 9.57. The number of rotatable bonds is 1. The molecule has 0 spiro atoms. The predicted octanol–water partition coefficient (Wildman–Crippen LogP) is 1.95. The van der Waals surface area contributed by atoms with E-state index in [1.54, 1.807) is 0 Å². The fourth-order valence-electron chi connectivity index (χ4n) is 2.52. The lowest BCUT2D eigenvalue weighted by Crippen LogP contribution is -2.25. The molecule has 3 rings (SSSR count). The van der Waals surface area contributed by atoms with E-state index in [0.717, 1.165) is 25.3 Å². The number of fused-ring (bicyclic) bond motifs is 1. The maximum Gasteiger partial charge on any atom is 0.124 e. The van der Waals surface area contributed by atoms with Gasteiger partial charge in [0.2, 0.25) is 0 Å². The van der Waals surface area contributed by atoms with Crippen molar-refractivity contribution < 1.29 is 4.74 Å². The zero-order chi connectivity index (χ0) is 11.7. The number of hydrogen-bond donors (Lipinski definition) is 1. The summed E-state index contributed by atoms with van der Waals surface area (Å²) in [4.78, 5) is 0. The van der Waals surface area contributed by atoms with E-state index in [9.17, 15) is 0 Å². The molecular weight excluding hydrogens is 212 g/mol. The Morgan fingerprint density at radius 3 is 3.12 bits per heavy atom. The van der Waals surface area contributed by atoms with Crippen LogP contribution in [0, 0.1) is 11.3 Å². The van der Waals surface area contributed by atoms with Crippen molar-refractivity contribution in [3.8, 4) is 11.8 Å². The Morgan fingerprint density at radius 2 is 2.35 bits per heavy atom. The van der Waals surface area contributed by atoms with Crippen LogP contribution in [0.25, 0.3) is 0 Å². The minimum atomic E-state index is 0.366. The van der Waals surface area contributed by atoms with Gasteiger partial charge in [0.05, 0.1) is 18.2 Å². The van der Waals surface area contributed by atoms with E-state index in [1.165, 1.54) is 11.1 Å².